The van der Waals surface area contributed by atoms with E-state index in [-0.39, 0.29) is 17.3 Å². The number of benzene rings is 1. The Bertz CT molecular complexity index is 432. The highest BCUT2D eigenvalue weighted by molar-refractivity contribution is 6.33. The molecule has 0 aliphatic heterocycles. The van der Waals surface area contributed by atoms with Gasteiger partial charge in [-0.05, 0) is 30.5 Å². The number of hydrogen-bond acceptors (Lipinski definition) is 3. The van der Waals surface area contributed by atoms with Crippen LogP contribution in [0, 0.1) is 13.8 Å². The number of aryl methyl sites for hydroxylation is 1. The van der Waals surface area contributed by atoms with Crippen molar-refractivity contribution in [1.82, 2.24) is 0 Å². The van der Waals surface area contributed by atoms with Gasteiger partial charge in [0.1, 0.15) is 5.75 Å². The van der Waals surface area contributed by atoms with Gasteiger partial charge in [0, 0.05) is 6.54 Å². The molecule has 4 N–H and O–H groups in total. The van der Waals surface area contributed by atoms with Crippen LogP contribution in [0.1, 0.15) is 22.6 Å². The van der Waals surface area contributed by atoms with E-state index in [2.05, 4.69) is 0 Å². The largest absolute Gasteiger partial charge is 0.506 e. The fourth-order valence-electron chi connectivity index (χ4n) is 1.61. The molecule has 1 rings (SSSR count). The Labute approximate surface area is 98.6 Å². The summed E-state index contributed by atoms with van der Waals surface area (Å²) in [6.07, 6.45) is 0. The number of halogens is 1. The van der Waals surface area contributed by atoms with Crippen molar-refractivity contribution < 1.29 is 15.0 Å². The Kier molecular flexibility index (Phi) is 3.78. The number of rotatable bonds is 3. The van der Waals surface area contributed by atoms with Crippen LogP contribution in [0.15, 0.2) is 6.07 Å². The second-order valence-corrected chi connectivity index (χ2v) is 4.07. The van der Waals surface area contributed by atoms with Gasteiger partial charge in [0.15, 0.2) is 0 Å². The number of carboxylic acid groups (broad SMARTS) is 1. The van der Waals surface area contributed by atoms with E-state index >= 15 is 0 Å². The van der Waals surface area contributed by atoms with E-state index < -0.39 is 11.9 Å². The van der Waals surface area contributed by atoms with Crippen LogP contribution in [-0.4, -0.2) is 22.7 Å². The van der Waals surface area contributed by atoms with Crippen molar-refractivity contribution in [3.8, 4) is 5.75 Å². The molecule has 0 saturated heterocycles. The Hall–Kier alpha value is -1.26. The summed E-state index contributed by atoms with van der Waals surface area (Å²) in [6.45, 7) is 3.33. The maximum atomic E-state index is 11.0. The Morgan fingerprint density at radius 3 is 2.56 bits per heavy atom. The van der Waals surface area contributed by atoms with E-state index in [4.69, 9.17) is 22.4 Å². The van der Waals surface area contributed by atoms with Crippen LogP contribution in [0.4, 0.5) is 0 Å². The fraction of sp³-hybridized carbons (Fsp3) is 0.364. The van der Waals surface area contributed by atoms with Gasteiger partial charge in [-0.25, -0.2) is 0 Å². The van der Waals surface area contributed by atoms with Crippen LogP contribution in [0.25, 0.3) is 0 Å². The van der Waals surface area contributed by atoms with Crippen LogP contribution in [-0.2, 0) is 4.79 Å². The number of carboxylic acids is 1. The lowest BCUT2D eigenvalue weighted by atomic mass is 9.93. The maximum Gasteiger partial charge on any atom is 0.312 e. The fourth-order valence-corrected chi connectivity index (χ4v) is 1.87. The van der Waals surface area contributed by atoms with Gasteiger partial charge in [-0.15, -0.1) is 0 Å². The van der Waals surface area contributed by atoms with Gasteiger partial charge in [0.05, 0.1) is 10.9 Å². The lowest BCUT2D eigenvalue weighted by Crippen LogP contribution is -2.22. The highest BCUT2D eigenvalue weighted by atomic mass is 35.5. The minimum absolute atomic E-state index is 0.00326. The zero-order valence-electron chi connectivity index (χ0n) is 9.12. The van der Waals surface area contributed by atoms with Crippen LogP contribution in [0.5, 0.6) is 5.75 Å². The maximum absolute atomic E-state index is 11.0. The monoisotopic (exact) mass is 243 g/mol. The molecule has 16 heavy (non-hydrogen) atoms. The van der Waals surface area contributed by atoms with E-state index in [1.54, 1.807) is 19.9 Å². The van der Waals surface area contributed by atoms with E-state index in [1.165, 1.54) is 0 Å². The molecule has 1 unspecified atom stereocenters. The normalized spacial score (nSPS) is 12.5. The van der Waals surface area contributed by atoms with Crippen LogP contribution >= 0.6 is 11.6 Å². The van der Waals surface area contributed by atoms with Crippen molar-refractivity contribution in [2.75, 3.05) is 6.54 Å². The minimum Gasteiger partial charge on any atom is -0.506 e. The first-order valence-corrected chi connectivity index (χ1v) is 5.19. The first-order chi connectivity index (χ1) is 7.40. The van der Waals surface area contributed by atoms with Crippen LogP contribution in [0.3, 0.4) is 0 Å². The lowest BCUT2D eigenvalue weighted by molar-refractivity contribution is -0.138. The SMILES string of the molecule is Cc1cc(C(CN)C(=O)O)c(C)c(Cl)c1O. The highest BCUT2D eigenvalue weighted by Gasteiger charge is 2.23. The molecule has 0 fully saturated rings. The number of hydrogen-bond donors (Lipinski definition) is 3. The topological polar surface area (TPSA) is 83.6 Å². The molecule has 0 aliphatic rings. The van der Waals surface area contributed by atoms with Crippen molar-refractivity contribution in [2.45, 2.75) is 19.8 Å². The second-order valence-electron chi connectivity index (χ2n) is 3.70. The van der Waals surface area contributed by atoms with E-state index in [9.17, 15) is 9.90 Å². The van der Waals surface area contributed by atoms with Gasteiger partial charge in [-0.3, -0.25) is 4.79 Å². The number of carbonyl (C=O) groups is 1. The molecule has 0 heterocycles. The summed E-state index contributed by atoms with van der Waals surface area (Å²) in [6, 6.07) is 1.61. The molecule has 0 bridgehead atoms. The summed E-state index contributed by atoms with van der Waals surface area (Å²) in [5.74, 6) is -1.80. The first kappa shape index (κ1) is 12.8. The summed E-state index contributed by atoms with van der Waals surface area (Å²) in [4.78, 5) is 11.0. The van der Waals surface area contributed by atoms with Crippen molar-refractivity contribution in [1.29, 1.82) is 0 Å². The van der Waals surface area contributed by atoms with Gasteiger partial charge in [0.2, 0.25) is 0 Å². The molecule has 0 spiro atoms. The first-order valence-electron chi connectivity index (χ1n) is 4.81. The van der Waals surface area contributed by atoms with Crippen molar-refractivity contribution in [3.05, 3.63) is 27.8 Å². The molecule has 0 aromatic heterocycles. The van der Waals surface area contributed by atoms with Crippen molar-refractivity contribution in [3.63, 3.8) is 0 Å². The van der Waals surface area contributed by atoms with Gasteiger partial charge < -0.3 is 15.9 Å². The Balaban J connectivity index is 3.39. The molecule has 0 amide bonds. The van der Waals surface area contributed by atoms with Crippen LogP contribution in [0.2, 0.25) is 5.02 Å². The smallest absolute Gasteiger partial charge is 0.312 e. The third-order valence-electron chi connectivity index (χ3n) is 2.62. The summed E-state index contributed by atoms with van der Waals surface area (Å²) < 4.78 is 0. The van der Waals surface area contributed by atoms with Crippen LogP contribution < -0.4 is 5.73 Å². The predicted molar refractivity (Wildman–Crippen MR) is 62.0 cm³/mol. The lowest BCUT2D eigenvalue weighted by Gasteiger charge is -2.16. The quantitative estimate of drug-likeness (QED) is 0.756. The average Bonchev–Trinajstić information content (AvgIpc) is 2.23. The number of phenolic OH excluding ortho intramolecular Hbond substituents is 1. The van der Waals surface area contributed by atoms with Crippen molar-refractivity contribution >= 4 is 17.6 Å². The number of aliphatic carboxylic acids is 1. The van der Waals surface area contributed by atoms with E-state index in [0.717, 1.165) is 0 Å². The summed E-state index contributed by atoms with van der Waals surface area (Å²) in [5.41, 5.74) is 7.08. The predicted octanol–water partition coefficient (Wildman–Crippen LogP) is 1.79. The number of nitrogens with two attached hydrogens (primary N) is 1. The zero-order valence-corrected chi connectivity index (χ0v) is 9.88. The molecular formula is C11H14ClNO3. The third-order valence-corrected chi connectivity index (χ3v) is 3.09. The average molecular weight is 244 g/mol. The number of phenols is 1. The molecule has 1 atom stereocenters. The molecule has 4 nitrogen and oxygen atoms in total. The zero-order chi connectivity index (χ0) is 12.5. The molecule has 5 heteroatoms. The molecule has 0 radical (unpaired) electrons. The van der Waals surface area contributed by atoms with Crippen molar-refractivity contribution in [2.24, 2.45) is 5.73 Å². The molecular weight excluding hydrogens is 230 g/mol. The summed E-state index contributed by atoms with van der Waals surface area (Å²) in [7, 11) is 0. The molecule has 0 aliphatic carbocycles. The standard InChI is InChI=1S/C11H14ClNO3/c1-5-3-7(8(4-13)11(15)16)6(2)9(12)10(5)14/h3,8,14H,4,13H2,1-2H3,(H,15,16). The molecule has 88 valence electrons. The summed E-state index contributed by atoms with van der Waals surface area (Å²) >= 11 is 5.91. The minimum atomic E-state index is -0.994. The Morgan fingerprint density at radius 2 is 2.12 bits per heavy atom. The number of aromatic hydroxyl groups is 1. The summed E-state index contributed by atoms with van der Waals surface area (Å²) in [5, 5.41) is 18.8. The highest BCUT2D eigenvalue weighted by Crippen LogP contribution is 2.35. The van der Waals surface area contributed by atoms with Gasteiger partial charge in [-0.2, -0.15) is 0 Å². The second kappa shape index (κ2) is 4.72. The van der Waals surface area contributed by atoms with Gasteiger partial charge in [0.25, 0.3) is 0 Å². The van der Waals surface area contributed by atoms with Gasteiger partial charge >= 0.3 is 5.97 Å². The molecule has 1 aromatic rings. The molecule has 1 aromatic carbocycles. The van der Waals surface area contributed by atoms with Gasteiger partial charge in [-0.1, -0.05) is 17.7 Å². The van der Waals surface area contributed by atoms with E-state index in [1.807, 2.05) is 0 Å². The van der Waals surface area contributed by atoms with E-state index in [0.29, 0.717) is 16.7 Å². The Morgan fingerprint density at radius 1 is 1.56 bits per heavy atom. The molecule has 0 saturated carbocycles. The third kappa shape index (κ3) is 2.13.